The average Bonchev–Trinajstić information content (AvgIpc) is 4.07. The number of hydrogen-bond acceptors (Lipinski definition) is 20. The molecule has 3 aliphatic rings. The van der Waals surface area contributed by atoms with E-state index in [9.17, 15) is 59.4 Å². The lowest BCUT2D eigenvalue weighted by molar-refractivity contribution is -0.138. The summed E-state index contributed by atoms with van der Waals surface area (Å²) in [5, 5.41) is 65.6. The number of benzene rings is 1. The fourth-order valence-corrected chi connectivity index (χ4v) is 14.4. The summed E-state index contributed by atoms with van der Waals surface area (Å²) in [6.07, 6.45) is 0.530. The summed E-state index contributed by atoms with van der Waals surface area (Å²) in [4.78, 5) is 102. The van der Waals surface area contributed by atoms with Crippen molar-refractivity contribution in [3.8, 4) is 11.5 Å². The minimum atomic E-state index is -0.969. The Kier molecular flexibility index (Phi) is 23.7. The lowest BCUT2D eigenvalue weighted by atomic mass is 10.1. The molecule has 0 radical (unpaired) electrons. The Hall–Kier alpha value is -5.68. The van der Waals surface area contributed by atoms with E-state index in [1.165, 1.54) is 70.6 Å². The highest BCUT2D eigenvalue weighted by Gasteiger charge is 2.34. The number of aliphatic carboxylic acids is 6. The summed E-state index contributed by atoms with van der Waals surface area (Å²) in [5.41, 5.74) is 0. The molecule has 6 rings (SSSR count). The number of hydrogen-bond donors (Lipinski definition) is 10. The van der Waals surface area contributed by atoms with Crippen LogP contribution in [0.1, 0.15) is 105 Å². The zero-order valence-electron chi connectivity index (χ0n) is 43.2. The maximum atomic E-state index is 11.7. The molecule has 22 nitrogen and oxygen atoms in total. The minimum Gasteiger partial charge on any atom is -0.490 e. The minimum absolute atomic E-state index is 0.103. The summed E-state index contributed by atoms with van der Waals surface area (Å²) >= 11 is 8.13. The van der Waals surface area contributed by atoms with Crippen LogP contribution in [0.25, 0.3) is 10.8 Å². The van der Waals surface area contributed by atoms with Crippen LogP contribution < -0.4 is 20.1 Å². The number of thioether (sulfide) groups is 6. The molecule has 3 aromatic rings. The van der Waals surface area contributed by atoms with E-state index < -0.39 is 35.8 Å². The van der Waals surface area contributed by atoms with Crippen molar-refractivity contribution >= 4 is 164 Å². The molecule has 2 aromatic heterocycles. The van der Waals surface area contributed by atoms with Crippen LogP contribution in [0.15, 0.2) is 61.5 Å². The fourth-order valence-electron chi connectivity index (χ4n) is 7.58. The molecule has 5 heterocycles. The SMILES string of the molecule is CC(C)Oc1ccc(OC(C)C)c2c3[nH]c(c12)N=C1N=C(Nc2[nH]c(c(SCCCC(=O)O)c2SCCCC(=O)O)NC2=NC(=N3)C(SCCCC(=O)O)=C2SCCCC(=O)O)C(SCCCC(=O)O)=C1SCCCC(=O)O. The van der Waals surface area contributed by atoms with Gasteiger partial charge in [0.1, 0.15) is 46.4 Å². The molecule has 0 unspecified atom stereocenters. The third-order valence-corrected chi connectivity index (χ3v) is 18.2. The Bertz CT molecular complexity index is 2760. The van der Waals surface area contributed by atoms with E-state index in [0.717, 1.165) is 0 Å². The quantitative estimate of drug-likeness (QED) is 0.0196. The standard InChI is InChI=1S/C50H62N8O14S6/c1-25(2)71-27-17-18-28(72-26(3)4)36-35(27)43-51-44(36)53-46-38(74-20-6-12-30(61)62)40(76-22-8-14-32(65)66)48(55-46)57-50-42(78-24-10-16-34(69)70)41(77-23-9-15-33(67)68)49(58-50)56-47-39(75-21-7-13-31(63)64)37(45(52-43)54-47)73-19-5-11-29(59)60/h17-18,25-26H,5-16,19-24H2,1-4H3,(H,59,60)(H,61,62)(H,63,64)(H,65,66)(H,67,68)(H,69,70)(H4,51,52,53,54,55,56,57,58). The van der Waals surface area contributed by atoms with E-state index in [2.05, 4.69) is 20.6 Å². The van der Waals surface area contributed by atoms with Gasteiger partial charge in [-0.3, -0.25) is 28.8 Å². The van der Waals surface area contributed by atoms with Gasteiger partial charge in [0.15, 0.2) is 11.7 Å². The number of carboxylic acid groups (broad SMARTS) is 6. The zero-order valence-corrected chi connectivity index (χ0v) is 48.1. The highest BCUT2D eigenvalue weighted by molar-refractivity contribution is 8.08. The van der Waals surface area contributed by atoms with Crippen LogP contribution in [0, 0.1) is 0 Å². The largest absolute Gasteiger partial charge is 0.490 e. The van der Waals surface area contributed by atoms with Gasteiger partial charge >= 0.3 is 35.8 Å². The Morgan fingerprint density at radius 3 is 1.03 bits per heavy atom. The first kappa shape index (κ1) is 61.5. The van der Waals surface area contributed by atoms with Crippen LogP contribution in [0.5, 0.6) is 11.5 Å². The number of ether oxygens (including phenoxy) is 2. The molecule has 422 valence electrons. The van der Waals surface area contributed by atoms with Crippen molar-refractivity contribution in [2.75, 3.05) is 45.2 Å². The van der Waals surface area contributed by atoms with Gasteiger partial charge in [-0.25, -0.2) is 20.0 Å². The number of H-pyrrole nitrogens is 2. The van der Waals surface area contributed by atoms with Crippen LogP contribution in [0.2, 0.25) is 0 Å². The first-order valence-electron chi connectivity index (χ1n) is 25.0. The van der Waals surface area contributed by atoms with E-state index in [1.54, 1.807) is 12.1 Å². The second-order valence-corrected chi connectivity index (χ2v) is 24.6. The monoisotopic (exact) mass is 1190 g/mol. The third-order valence-electron chi connectivity index (χ3n) is 10.8. The van der Waals surface area contributed by atoms with Gasteiger partial charge in [-0.05, 0) is 113 Å². The smallest absolute Gasteiger partial charge is 0.303 e. The van der Waals surface area contributed by atoms with Gasteiger partial charge in [-0.2, -0.15) is 0 Å². The van der Waals surface area contributed by atoms with Gasteiger partial charge in [-0.1, -0.05) is 0 Å². The first-order valence-corrected chi connectivity index (χ1v) is 30.9. The Balaban J connectivity index is 1.71. The summed E-state index contributed by atoms with van der Waals surface area (Å²) < 4.78 is 12.9. The van der Waals surface area contributed by atoms with Crippen molar-refractivity contribution in [3.63, 3.8) is 0 Å². The highest BCUT2D eigenvalue weighted by atomic mass is 32.2. The number of amidine groups is 4. The van der Waals surface area contributed by atoms with Gasteiger partial charge < -0.3 is 60.7 Å². The van der Waals surface area contributed by atoms with Crippen LogP contribution in [-0.2, 0) is 28.8 Å². The van der Waals surface area contributed by atoms with Crippen LogP contribution in [-0.4, -0.2) is 146 Å². The normalized spacial score (nSPS) is 14.1. The van der Waals surface area contributed by atoms with Gasteiger partial charge in [0.05, 0.1) is 52.4 Å². The average molecular weight is 1190 g/mol. The van der Waals surface area contributed by atoms with E-state index in [1.807, 2.05) is 27.7 Å². The Labute approximate surface area is 474 Å². The second-order valence-electron chi connectivity index (χ2n) is 17.9. The molecule has 0 amide bonds. The lowest BCUT2D eigenvalue weighted by Crippen LogP contribution is -2.14. The number of fused-ring (bicyclic) bond motifs is 9. The Morgan fingerprint density at radius 2 is 0.731 bits per heavy atom. The number of aromatic amines is 2. The molecule has 0 fully saturated rings. The third kappa shape index (κ3) is 17.9. The molecule has 0 aliphatic carbocycles. The van der Waals surface area contributed by atoms with E-state index in [4.69, 9.17) is 29.4 Å². The molecular formula is C50H62N8O14S6. The summed E-state index contributed by atoms with van der Waals surface area (Å²) in [5.74, 6) is -0.431. The number of anilines is 2. The molecule has 78 heavy (non-hydrogen) atoms. The number of rotatable bonds is 34. The van der Waals surface area contributed by atoms with Crippen molar-refractivity contribution in [1.29, 1.82) is 0 Å². The number of aromatic nitrogens is 2. The number of carbonyl (C=O) groups is 6. The van der Waals surface area contributed by atoms with E-state index in [0.29, 0.717) is 148 Å². The predicted molar refractivity (Wildman–Crippen MR) is 313 cm³/mol. The summed E-state index contributed by atoms with van der Waals surface area (Å²) in [6, 6.07) is 3.56. The van der Waals surface area contributed by atoms with Crippen molar-refractivity contribution in [3.05, 3.63) is 31.8 Å². The molecule has 1 aromatic carbocycles. The van der Waals surface area contributed by atoms with Crippen molar-refractivity contribution in [2.45, 2.75) is 127 Å². The van der Waals surface area contributed by atoms with Crippen LogP contribution >= 0.6 is 70.6 Å². The number of aliphatic imine (C=N–C) groups is 4. The van der Waals surface area contributed by atoms with Gasteiger partial charge in [-0.15, -0.1) is 70.6 Å². The number of carboxylic acids is 6. The predicted octanol–water partition coefficient (Wildman–Crippen LogP) is 11.2. The lowest BCUT2D eigenvalue weighted by Gasteiger charge is -2.15. The van der Waals surface area contributed by atoms with Crippen molar-refractivity contribution in [2.24, 2.45) is 20.0 Å². The second kappa shape index (κ2) is 30.1. The van der Waals surface area contributed by atoms with Crippen LogP contribution in [0.4, 0.5) is 23.3 Å². The number of nitrogens with one attached hydrogen (secondary N) is 4. The van der Waals surface area contributed by atoms with Gasteiger partial charge in [0.2, 0.25) is 0 Å². The molecule has 28 heteroatoms. The topological polar surface area (TPSA) is 347 Å². The van der Waals surface area contributed by atoms with E-state index >= 15 is 0 Å². The molecule has 8 bridgehead atoms. The van der Waals surface area contributed by atoms with Crippen molar-refractivity contribution in [1.82, 2.24) is 9.97 Å². The Morgan fingerprint density at radius 1 is 0.436 bits per heavy atom. The van der Waals surface area contributed by atoms with Crippen molar-refractivity contribution < 1.29 is 68.9 Å². The van der Waals surface area contributed by atoms with E-state index in [-0.39, 0.29) is 74.0 Å². The molecule has 0 saturated carbocycles. The molecule has 3 aliphatic heterocycles. The van der Waals surface area contributed by atoms with Gasteiger partial charge in [0.25, 0.3) is 0 Å². The molecular weight excluding hydrogens is 1130 g/mol. The summed E-state index contributed by atoms with van der Waals surface area (Å²) in [6.45, 7) is 7.53. The molecule has 0 atom stereocenters. The fraction of sp³-hybridized carbons (Fsp3) is 0.480. The maximum Gasteiger partial charge on any atom is 0.303 e. The first-order chi connectivity index (χ1) is 37.3. The number of nitrogens with zero attached hydrogens (tertiary/aromatic N) is 4. The van der Waals surface area contributed by atoms with Gasteiger partial charge in [0, 0.05) is 38.5 Å². The molecule has 0 spiro atoms. The zero-order chi connectivity index (χ0) is 56.5. The van der Waals surface area contributed by atoms with Crippen LogP contribution in [0.3, 0.4) is 0 Å². The molecule has 10 N–H and O–H groups in total. The maximum absolute atomic E-state index is 11.7. The molecule has 0 saturated heterocycles. The summed E-state index contributed by atoms with van der Waals surface area (Å²) in [7, 11) is 0. The highest BCUT2D eigenvalue weighted by Crippen LogP contribution is 2.50.